The van der Waals surface area contributed by atoms with E-state index >= 15 is 0 Å². The number of aliphatic carboxylic acids is 4. The summed E-state index contributed by atoms with van der Waals surface area (Å²) < 4.78 is 11.5. The molecule has 2 atom stereocenters. The molecule has 0 saturated carbocycles. The van der Waals surface area contributed by atoms with E-state index in [4.69, 9.17) is 9.47 Å². The average Bonchev–Trinajstić information content (AvgIpc) is 3.60. The first kappa shape index (κ1) is 37.4. The SMILES string of the molecule is CCCCC(CC)C(=O)Oc1c2c(c(OC(=O)C(CC)CCCC)c3c1SC(=C(C(=O)O)C(=O)O)S3)SC(=C(C(=O)O)C(=O)O)S2. The maximum absolute atomic E-state index is 13.5. The summed E-state index contributed by atoms with van der Waals surface area (Å²) >= 11 is 2.82. The fourth-order valence-electron chi connectivity index (χ4n) is 4.57. The Morgan fingerprint density at radius 3 is 1.04 bits per heavy atom. The van der Waals surface area contributed by atoms with Crippen LogP contribution in [0.4, 0.5) is 0 Å². The van der Waals surface area contributed by atoms with Crippen molar-refractivity contribution in [3.63, 3.8) is 0 Å². The number of esters is 2. The summed E-state index contributed by atoms with van der Waals surface area (Å²) in [6, 6.07) is 0. The van der Waals surface area contributed by atoms with E-state index in [1.165, 1.54) is 0 Å². The van der Waals surface area contributed by atoms with Crippen LogP contribution in [0.2, 0.25) is 0 Å². The number of unbranched alkanes of at least 4 members (excludes halogenated alkanes) is 2. The summed E-state index contributed by atoms with van der Waals surface area (Å²) in [5, 5.41) is 38.8. The lowest BCUT2D eigenvalue weighted by Crippen LogP contribution is -2.22. The van der Waals surface area contributed by atoms with Gasteiger partial charge in [0.1, 0.15) is 0 Å². The van der Waals surface area contributed by atoms with Crippen LogP contribution in [0, 0.1) is 11.8 Å². The first-order chi connectivity index (χ1) is 21.8. The molecule has 2 heterocycles. The van der Waals surface area contributed by atoms with Gasteiger partial charge in [0.2, 0.25) is 0 Å². The van der Waals surface area contributed by atoms with E-state index in [-0.39, 0.29) is 39.6 Å². The molecule has 0 radical (unpaired) electrons. The Kier molecular flexibility index (Phi) is 13.5. The van der Waals surface area contributed by atoms with E-state index in [9.17, 15) is 49.2 Å². The monoisotopic (exact) mass is 714 g/mol. The predicted molar refractivity (Wildman–Crippen MR) is 172 cm³/mol. The van der Waals surface area contributed by atoms with Crippen molar-refractivity contribution in [3.8, 4) is 11.5 Å². The third-order valence-corrected chi connectivity index (χ3v) is 12.3. The van der Waals surface area contributed by atoms with Gasteiger partial charge >= 0.3 is 35.8 Å². The van der Waals surface area contributed by atoms with Crippen molar-refractivity contribution in [1.29, 1.82) is 0 Å². The molecule has 0 fully saturated rings. The Labute approximate surface area is 282 Å². The minimum atomic E-state index is -1.71. The zero-order valence-electron chi connectivity index (χ0n) is 25.5. The summed E-state index contributed by atoms with van der Waals surface area (Å²) in [6.45, 7) is 7.57. The number of thioether (sulfide) groups is 4. The van der Waals surface area contributed by atoms with Crippen molar-refractivity contribution in [3.05, 3.63) is 19.6 Å². The number of hydrogen-bond donors (Lipinski definition) is 4. The standard InChI is InChI=1S/C30H34O12S4/c1-5-9-11-13(7-3)27(39)41-17-19-21(45-29(43-19)15(23(31)32)24(33)34)18(42-28(40)14(8-4)12-10-6-2)22-20(17)44-30(46-22)16(25(35)36)26(37)38/h13-14H,5-12H2,1-4H3,(H,31,32)(H,33,34)(H,35,36)(H,37,38). The zero-order chi connectivity index (χ0) is 34.3. The normalized spacial score (nSPS) is 14.6. The Hall–Kier alpha value is -3.08. The molecule has 1 aromatic carbocycles. The maximum atomic E-state index is 13.5. The van der Waals surface area contributed by atoms with Crippen LogP contribution in [0.3, 0.4) is 0 Å². The number of fused-ring (bicyclic) bond motifs is 2. The molecule has 2 aliphatic heterocycles. The highest BCUT2D eigenvalue weighted by Gasteiger charge is 2.42. The zero-order valence-corrected chi connectivity index (χ0v) is 28.8. The molecule has 0 aromatic heterocycles. The minimum Gasteiger partial charge on any atom is -0.477 e. The van der Waals surface area contributed by atoms with E-state index in [2.05, 4.69) is 0 Å². The molecule has 1 aromatic rings. The first-order valence-electron chi connectivity index (χ1n) is 14.6. The highest BCUT2D eigenvalue weighted by atomic mass is 32.2. The first-order valence-corrected chi connectivity index (χ1v) is 17.9. The number of benzene rings is 1. The third-order valence-electron chi connectivity index (χ3n) is 7.15. The summed E-state index contributed by atoms with van der Waals surface area (Å²) in [5.74, 6) is -9.34. The Morgan fingerprint density at radius 2 is 0.826 bits per heavy atom. The molecule has 0 spiro atoms. The predicted octanol–water partition coefficient (Wildman–Crippen LogP) is 7.09. The van der Waals surface area contributed by atoms with E-state index < -0.39 is 58.8 Å². The van der Waals surface area contributed by atoms with Gasteiger partial charge in [-0.3, -0.25) is 9.59 Å². The second-order valence-electron chi connectivity index (χ2n) is 10.3. The molecule has 12 nitrogen and oxygen atoms in total. The molecule has 0 saturated heterocycles. The summed E-state index contributed by atoms with van der Waals surface area (Å²) in [4.78, 5) is 75.1. The number of carboxylic acids is 4. The van der Waals surface area contributed by atoms with Crippen LogP contribution < -0.4 is 9.47 Å². The smallest absolute Gasteiger partial charge is 0.344 e. The van der Waals surface area contributed by atoms with Crippen molar-refractivity contribution in [2.24, 2.45) is 11.8 Å². The fraction of sp³-hybridized carbons (Fsp3) is 0.467. The van der Waals surface area contributed by atoms with Crippen LogP contribution >= 0.6 is 47.0 Å². The van der Waals surface area contributed by atoms with Gasteiger partial charge in [-0.05, 0) is 25.7 Å². The van der Waals surface area contributed by atoms with Gasteiger partial charge in [-0.1, -0.05) is 100 Å². The molecular formula is C30H34O12S4. The van der Waals surface area contributed by atoms with Crippen LogP contribution in [0.25, 0.3) is 0 Å². The lowest BCUT2D eigenvalue weighted by molar-refractivity contribution is -0.142. The van der Waals surface area contributed by atoms with Crippen LogP contribution in [-0.4, -0.2) is 56.2 Å². The molecule has 2 unspecified atom stereocenters. The molecule has 46 heavy (non-hydrogen) atoms. The van der Waals surface area contributed by atoms with Crippen molar-refractivity contribution >= 4 is 82.9 Å². The third kappa shape index (κ3) is 8.25. The summed E-state index contributed by atoms with van der Waals surface area (Å²) in [7, 11) is 0. The largest absolute Gasteiger partial charge is 0.477 e. The number of carbonyl (C=O) groups excluding carboxylic acids is 2. The Morgan fingerprint density at radius 1 is 0.543 bits per heavy atom. The minimum absolute atomic E-state index is 0.100. The molecular weight excluding hydrogens is 681 g/mol. The molecule has 0 aliphatic carbocycles. The number of ether oxygens (including phenoxy) is 2. The van der Waals surface area contributed by atoms with E-state index in [0.717, 1.165) is 25.7 Å². The molecule has 2 aliphatic rings. The second kappa shape index (κ2) is 16.7. The molecule has 0 bridgehead atoms. The summed E-state index contributed by atoms with van der Waals surface area (Å²) in [5.41, 5.74) is -1.88. The van der Waals surface area contributed by atoms with Crippen LogP contribution in [0.15, 0.2) is 39.2 Å². The van der Waals surface area contributed by atoms with Crippen molar-refractivity contribution < 1.29 is 58.7 Å². The average molecular weight is 715 g/mol. The lowest BCUT2D eigenvalue weighted by atomic mass is 10.00. The second-order valence-corrected chi connectivity index (χ2v) is 14.9. The number of hydrogen-bond acceptors (Lipinski definition) is 12. The molecule has 250 valence electrons. The summed E-state index contributed by atoms with van der Waals surface area (Å²) in [6.07, 6.45) is 5.07. The quantitative estimate of drug-likeness (QED) is 0.0444. The molecule has 4 N–H and O–H groups in total. The van der Waals surface area contributed by atoms with Gasteiger partial charge in [0.15, 0.2) is 22.6 Å². The molecule has 0 amide bonds. The van der Waals surface area contributed by atoms with Gasteiger partial charge in [-0.2, -0.15) is 0 Å². The van der Waals surface area contributed by atoms with Gasteiger partial charge in [0.05, 0.1) is 39.9 Å². The molecule has 16 heteroatoms. The van der Waals surface area contributed by atoms with E-state index in [1.807, 2.05) is 27.7 Å². The van der Waals surface area contributed by atoms with Gasteiger partial charge in [-0.25, -0.2) is 19.2 Å². The number of carboxylic acid groups (broad SMARTS) is 4. The van der Waals surface area contributed by atoms with Crippen molar-refractivity contribution in [2.75, 3.05) is 0 Å². The highest BCUT2D eigenvalue weighted by Crippen LogP contribution is 2.68. The Balaban J connectivity index is 2.34. The van der Waals surface area contributed by atoms with Crippen LogP contribution in [0.5, 0.6) is 11.5 Å². The topological polar surface area (TPSA) is 202 Å². The number of carbonyl (C=O) groups is 6. The van der Waals surface area contributed by atoms with Gasteiger partial charge in [0.25, 0.3) is 0 Å². The van der Waals surface area contributed by atoms with Gasteiger partial charge in [-0.15, -0.1) is 0 Å². The fourth-order valence-corrected chi connectivity index (χ4v) is 10.1. The van der Waals surface area contributed by atoms with Crippen LogP contribution in [0.1, 0.15) is 79.1 Å². The Bertz CT molecular complexity index is 1330. The van der Waals surface area contributed by atoms with Gasteiger partial charge < -0.3 is 29.9 Å². The van der Waals surface area contributed by atoms with E-state index in [1.54, 1.807) is 0 Å². The maximum Gasteiger partial charge on any atom is 0.344 e. The lowest BCUT2D eigenvalue weighted by Gasteiger charge is -2.20. The van der Waals surface area contributed by atoms with Crippen LogP contribution in [-0.2, 0) is 28.8 Å². The van der Waals surface area contributed by atoms with Gasteiger partial charge in [0, 0.05) is 0 Å². The molecule has 3 rings (SSSR count). The number of rotatable bonds is 16. The van der Waals surface area contributed by atoms with E-state index in [0.29, 0.717) is 72.7 Å². The van der Waals surface area contributed by atoms with Crippen molar-refractivity contribution in [2.45, 2.75) is 98.6 Å². The highest BCUT2D eigenvalue weighted by molar-refractivity contribution is 8.26. The van der Waals surface area contributed by atoms with Crippen molar-refractivity contribution in [1.82, 2.24) is 0 Å².